The van der Waals surface area contributed by atoms with Gasteiger partial charge in [-0.25, -0.2) is 9.46 Å². The van der Waals surface area contributed by atoms with Crippen molar-refractivity contribution in [1.29, 1.82) is 5.26 Å². The van der Waals surface area contributed by atoms with Crippen molar-refractivity contribution >= 4 is 102 Å². The fourth-order valence-electron chi connectivity index (χ4n) is 7.09. The third-order valence-corrected chi connectivity index (χ3v) is 14.4. The predicted octanol–water partition coefficient (Wildman–Crippen LogP) is 13.7. The number of amides is 1. The largest absolute Gasteiger partial charge is 0.453 e. The number of nitriles is 1. The summed E-state index contributed by atoms with van der Waals surface area (Å²) in [5.74, 6) is -3.90. The number of carbonyl (C=O) groups excluding carboxylic acids is 4. The first-order chi connectivity index (χ1) is 30.8. The zero-order chi connectivity index (χ0) is 49.2. The highest BCUT2D eigenvalue weighted by atomic mass is 35.5. The van der Waals surface area contributed by atoms with Crippen LogP contribution in [0.3, 0.4) is 0 Å². The van der Waals surface area contributed by atoms with Crippen molar-refractivity contribution in [2.45, 2.75) is 119 Å². The molecule has 0 radical (unpaired) electrons. The third-order valence-electron chi connectivity index (χ3n) is 10.3. The smallest absolute Gasteiger partial charge is 0.341 e. The molecule has 66 heavy (non-hydrogen) atoms. The summed E-state index contributed by atoms with van der Waals surface area (Å²) in [4.78, 5) is 54.3. The van der Waals surface area contributed by atoms with Crippen molar-refractivity contribution < 1.29 is 47.2 Å². The van der Waals surface area contributed by atoms with E-state index in [1.165, 1.54) is 18.2 Å². The molecule has 358 valence electrons. The molecule has 2 heterocycles. The molecule has 5 rings (SSSR count). The number of ether oxygens (including phenoxy) is 4. The normalized spacial score (nSPS) is 14.4. The van der Waals surface area contributed by atoms with Gasteiger partial charge >= 0.3 is 17.9 Å². The van der Waals surface area contributed by atoms with Gasteiger partial charge in [-0.3, -0.25) is 14.4 Å². The minimum absolute atomic E-state index is 0.0128. The van der Waals surface area contributed by atoms with E-state index in [1.54, 1.807) is 41.5 Å². The lowest BCUT2D eigenvalue weighted by Crippen LogP contribution is -2.35. The van der Waals surface area contributed by atoms with Crippen LogP contribution in [-0.2, 0) is 29.0 Å². The minimum Gasteiger partial charge on any atom is -0.453 e. The highest BCUT2D eigenvalue weighted by Crippen LogP contribution is 2.64. The molecule has 13 nitrogen and oxygen atoms in total. The molecule has 1 unspecified atom stereocenters. The Hall–Kier alpha value is -3.12. The van der Waals surface area contributed by atoms with Gasteiger partial charge in [0, 0.05) is 24.2 Å². The van der Waals surface area contributed by atoms with Gasteiger partial charge in [-0.1, -0.05) is 82.4 Å². The summed E-state index contributed by atoms with van der Waals surface area (Å²) < 4.78 is 38.4. The van der Waals surface area contributed by atoms with Gasteiger partial charge in [0.2, 0.25) is 0 Å². The van der Waals surface area contributed by atoms with Gasteiger partial charge in [-0.05, 0) is 100 Å². The zero-order valence-electron chi connectivity index (χ0n) is 38.2. The number of hydrogen-bond acceptors (Lipinski definition) is 12. The quantitative estimate of drug-likeness (QED) is 0.0590. The first-order valence-corrected chi connectivity index (χ1v) is 24.6. The minimum atomic E-state index is -2.16. The molecule has 3 aromatic rings. The Bertz CT molecular complexity index is 2350. The molecule has 0 aromatic heterocycles. The van der Waals surface area contributed by atoms with E-state index in [0.717, 1.165) is 19.3 Å². The number of halogens is 6. The van der Waals surface area contributed by atoms with Gasteiger partial charge < -0.3 is 33.3 Å². The average molecular weight is 1050 g/mol. The lowest BCUT2D eigenvalue weighted by atomic mass is 9.77. The number of nitrogens with zero attached hydrogens (tertiary/aromatic N) is 2. The third kappa shape index (κ3) is 11.2. The van der Waals surface area contributed by atoms with Crippen molar-refractivity contribution in [1.82, 2.24) is 9.99 Å². The summed E-state index contributed by atoms with van der Waals surface area (Å²) in [7, 11) is -1.34. The van der Waals surface area contributed by atoms with Crippen molar-refractivity contribution in [2.24, 2.45) is 10.8 Å². The lowest BCUT2D eigenvalue weighted by molar-refractivity contribution is -0.143. The lowest BCUT2D eigenvalue weighted by Gasteiger charge is -2.38. The molecule has 3 aromatic carbocycles. The molecule has 0 fully saturated rings. The highest BCUT2D eigenvalue weighted by Gasteiger charge is 2.58. The fourth-order valence-corrected chi connectivity index (χ4v) is 10.5. The van der Waals surface area contributed by atoms with Gasteiger partial charge in [0.05, 0.1) is 78.9 Å². The highest BCUT2D eigenvalue weighted by molar-refractivity contribution is 7.44. The van der Waals surface area contributed by atoms with E-state index in [0.29, 0.717) is 13.0 Å². The van der Waals surface area contributed by atoms with Crippen LogP contribution in [0, 0.1) is 22.2 Å². The second-order valence-electron chi connectivity index (χ2n) is 18.2. The van der Waals surface area contributed by atoms with E-state index in [9.17, 15) is 19.2 Å². The topological polar surface area (TPSA) is 163 Å². The standard InChI is InChI=1S/C46H52Cl6N3O10P/c1-23(2)55(24(3)4)66(61-19-15-16-53)60-18-14-12-11-13-17-54-40(56)25-20-28(47)31-32(33(25)50)46(65-41(31)57)26-21-29(48)38(63-42(58)44(5,6)7)34(51)36(26)62-37-27(46)22-30(49)39(35(37)52)64-43(59)45(8,9)10/h20-24H,11-15,17-19H2,1-10H3,(H,54,56). The van der Waals surface area contributed by atoms with E-state index in [4.69, 9.17) is 103 Å². The summed E-state index contributed by atoms with van der Waals surface area (Å²) in [6.07, 6.45) is 3.20. The maximum absolute atomic E-state index is 14.1. The summed E-state index contributed by atoms with van der Waals surface area (Å²) in [6.45, 7) is 19.1. The molecule has 0 saturated heterocycles. The second-order valence-corrected chi connectivity index (χ2v) is 22.0. The van der Waals surface area contributed by atoms with Crippen LogP contribution in [-0.4, -0.2) is 60.3 Å². The molecule has 20 heteroatoms. The maximum Gasteiger partial charge on any atom is 0.341 e. The van der Waals surface area contributed by atoms with Crippen LogP contribution < -0.4 is 19.5 Å². The fraction of sp³-hybridized carbons (Fsp3) is 0.500. The van der Waals surface area contributed by atoms with Crippen LogP contribution >= 0.6 is 78.1 Å². The molecule has 2 aliphatic heterocycles. The molecule has 1 atom stereocenters. The molecule has 0 saturated carbocycles. The van der Waals surface area contributed by atoms with Crippen LogP contribution in [0.4, 0.5) is 0 Å². The Morgan fingerprint density at radius 1 is 0.758 bits per heavy atom. The van der Waals surface area contributed by atoms with E-state index in [-0.39, 0.29) is 113 Å². The van der Waals surface area contributed by atoms with Crippen molar-refractivity contribution in [3.63, 3.8) is 0 Å². The average Bonchev–Trinajstić information content (AvgIpc) is 3.53. The zero-order valence-corrected chi connectivity index (χ0v) is 43.7. The van der Waals surface area contributed by atoms with Crippen molar-refractivity contribution in [3.05, 3.63) is 76.2 Å². The molecule has 1 amide bonds. The van der Waals surface area contributed by atoms with Gasteiger partial charge in [0.25, 0.3) is 14.4 Å². The molecule has 0 bridgehead atoms. The van der Waals surface area contributed by atoms with Crippen LogP contribution in [0.5, 0.6) is 23.0 Å². The second kappa shape index (κ2) is 21.7. The number of unbranched alkanes of at least 4 members (excludes halogenated alkanes) is 3. The first kappa shape index (κ1) is 53.8. The Labute approximate surface area is 416 Å². The number of esters is 3. The Balaban J connectivity index is 1.48. The van der Waals surface area contributed by atoms with Crippen LogP contribution in [0.25, 0.3) is 0 Å². The summed E-state index contributed by atoms with van der Waals surface area (Å²) in [6, 6.07) is 6.40. The SMILES string of the molecule is CC(C)N(C(C)C)P(OCCC#N)OCCCCCCNC(=O)c1cc(Cl)c2c(c1Cl)C1(OC2=O)c2cc(Cl)c(OC(=O)C(C)(C)C)c(Cl)c2Oc2c1cc(Cl)c(OC(=O)C(C)(C)C)c2Cl. The molecule has 2 aliphatic rings. The Morgan fingerprint density at radius 3 is 1.74 bits per heavy atom. The predicted molar refractivity (Wildman–Crippen MR) is 257 cm³/mol. The van der Waals surface area contributed by atoms with Gasteiger partial charge in [-0.15, -0.1) is 0 Å². The molecule has 1 spiro atoms. The van der Waals surface area contributed by atoms with Gasteiger partial charge in [0.1, 0.15) is 10.0 Å². The maximum atomic E-state index is 14.1. The number of rotatable bonds is 17. The summed E-state index contributed by atoms with van der Waals surface area (Å²) in [5, 5.41) is 10.5. The van der Waals surface area contributed by atoms with Crippen molar-refractivity contribution in [3.8, 4) is 29.1 Å². The summed E-state index contributed by atoms with van der Waals surface area (Å²) >= 11 is 41.7. The number of benzene rings is 3. The van der Waals surface area contributed by atoms with Crippen LogP contribution in [0.1, 0.15) is 139 Å². The van der Waals surface area contributed by atoms with Crippen molar-refractivity contribution in [2.75, 3.05) is 19.8 Å². The number of nitrogens with one attached hydrogen (secondary N) is 1. The Kier molecular flexibility index (Phi) is 17.7. The number of hydrogen-bond donors (Lipinski definition) is 1. The van der Waals surface area contributed by atoms with Gasteiger partial charge in [0.15, 0.2) is 28.6 Å². The molecular weight excluding hydrogens is 998 g/mol. The van der Waals surface area contributed by atoms with E-state index < -0.39 is 48.8 Å². The summed E-state index contributed by atoms with van der Waals surface area (Å²) in [5.41, 5.74) is -4.51. The Morgan fingerprint density at radius 2 is 1.26 bits per heavy atom. The van der Waals surface area contributed by atoms with Crippen LogP contribution in [0.2, 0.25) is 30.1 Å². The molecular formula is C46H52Cl6N3O10P. The van der Waals surface area contributed by atoms with E-state index in [2.05, 4.69) is 43.8 Å². The van der Waals surface area contributed by atoms with E-state index in [1.807, 2.05) is 0 Å². The van der Waals surface area contributed by atoms with Crippen LogP contribution in [0.15, 0.2) is 18.2 Å². The number of fused-ring (bicyclic) bond motifs is 6. The molecule has 0 aliphatic carbocycles. The number of carbonyl (C=O) groups is 4. The van der Waals surface area contributed by atoms with E-state index >= 15 is 0 Å². The molecule has 1 N–H and O–H groups in total. The monoisotopic (exact) mass is 1050 g/mol. The first-order valence-electron chi connectivity index (χ1n) is 21.2. The van der Waals surface area contributed by atoms with Gasteiger partial charge in [-0.2, -0.15) is 5.26 Å².